The number of hydrogen-bond donors (Lipinski definition) is 0. The average Bonchev–Trinajstić information content (AvgIpc) is 2.46. The van der Waals surface area contributed by atoms with Crippen molar-refractivity contribution in [3.63, 3.8) is 0 Å². The third-order valence-corrected chi connectivity index (χ3v) is 5.17. The van der Waals surface area contributed by atoms with Crippen LogP contribution in [0.2, 0.25) is 0 Å². The molecule has 21 heavy (non-hydrogen) atoms. The second-order valence-electron chi connectivity index (χ2n) is 5.75. The fourth-order valence-corrected chi connectivity index (χ4v) is 2.56. The third-order valence-electron chi connectivity index (χ3n) is 3.59. The van der Waals surface area contributed by atoms with Crippen LogP contribution in [-0.4, -0.2) is 45.0 Å². The molecular formula is C15H22O5S. The summed E-state index contributed by atoms with van der Waals surface area (Å²) in [7, 11) is -3.19. The molecule has 1 aromatic carbocycles. The maximum atomic E-state index is 11.5. The minimum absolute atomic E-state index is 0.310. The molecular weight excluding hydrogens is 292 g/mol. The molecule has 0 aliphatic carbocycles. The summed E-state index contributed by atoms with van der Waals surface area (Å²) in [5.74, 6) is 0. The van der Waals surface area contributed by atoms with Gasteiger partial charge in [-0.3, -0.25) is 0 Å². The summed E-state index contributed by atoms with van der Waals surface area (Å²) in [4.78, 5) is 0. The Morgan fingerprint density at radius 3 is 2.38 bits per heavy atom. The second kappa shape index (κ2) is 6.44. The van der Waals surface area contributed by atoms with Crippen molar-refractivity contribution in [2.45, 2.75) is 37.6 Å². The first-order chi connectivity index (χ1) is 9.80. The van der Waals surface area contributed by atoms with E-state index < -0.39 is 27.0 Å². The first-order valence-corrected chi connectivity index (χ1v) is 8.86. The van der Waals surface area contributed by atoms with Crippen LogP contribution < -0.4 is 0 Å². The molecule has 1 aliphatic rings. The van der Waals surface area contributed by atoms with E-state index in [1.165, 1.54) is 6.26 Å². The highest BCUT2D eigenvalue weighted by Crippen LogP contribution is 2.24. The minimum atomic E-state index is -3.19. The normalized spacial score (nSPS) is 28.2. The van der Waals surface area contributed by atoms with Crippen LogP contribution in [0.3, 0.4) is 0 Å². The molecule has 0 N–H and O–H groups in total. The quantitative estimate of drug-likeness (QED) is 0.829. The number of sulfone groups is 1. The van der Waals surface area contributed by atoms with Crippen LogP contribution in [0.15, 0.2) is 30.3 Å². The summed E-state index contributed by atoms with van der Waals surface area (Å²) >= 11 is 0. The molecule has 0 saturated carbocycles. The Morgan fingerprint density at radius 2 is 1.86 bits per heavy atom. The summed E-state index contributed by atoms with van der Waals surface area (Å²) in [6.45, 7) is 4.58. The Bertz CT molecular complexity index is 547. The Hall–Kier alpha value is -0.950. The van der Waals surface area contributed by atoms with Crippen molar-refractivity contribution < 1.29 is 22.6 Å². The van der Waals surface area contributed by atoms with Gasteiger partial charge in [0.05, 0.1) is 19.8 Å². The Kier molecular flexibility index (Phi) is 5.03. The highest BCUT2D eigenvalue weighted by molar-refractivity contribution is 7.91. The van der Waals surface area contributed by atoms with Crippen LogP contribution in [0.5, 0.6) is 0 Å². The van der Waals surface area contributed by atoms with Crippen molar-refractivity contribution >= 4 is 9.84 Å². The van der Waals surface area contributed by atoms with Gasteiger partial charge in [-0.2, -0.15) is 0 Å². The molecule has 0 bridgehead atoms. The molecule has 1 aromatic rings. The highest BCUT2D eigenvalue weighted by atomic mass is 32.2. The number of benzene rings is 1. The Morgan fingerprint density at radius 1 is 1.29 bits per heavy atom. The van der Waals surface area contributed by atoms with Crippen molar-refractivity contribution in [2.75, 3.05) is 19.5 Å². The van der Waals surface area contributed by atoms with Gasteiger partial charge in [-0.05, 0) is 19.4 Å². The SMILES string of the molecule is CC(C1OCC(C)(OCc2ccccc2)CO1)S(C)(=O)=O. The van der Waals surface area contributed by atoms with E-state index in [0.717, 1.165) is 5.56 Å². The van der Waals surface area contributed by atoms with Crippen LogP contribution >= 0.6 is 0 Å². The Balaban J connectivity index is 1.87. The lowest BCUT2D eigenvalue weighted by Gasteiger charge is -2.38. The van der Waals surface area contributed by atoms with Crippen molar-refractivity contribution in [3.05, 3.63) is 35.9 Å². The van der Waals surface area contributed by atoms with Crippen LogP contribution in [0, 0.1) is 0 Å². The fourth-order valence-electron chi connectivity index (χ4n) is 1.99. The summed E-state index contributed by atoms with van der Waals surface area (Å²) in [5.41, 5.74) is 0.508. The number of rotatable bonds is 5. The fraction of sp³-hybridized carbons (Fsp3) is 0.600. The Labute approximate surface area is 126 Å². The molecule has 5 nitrogen and oxygen atoms in total. The molecule has 1 heterocycles. The third kappa shape index (κ3) is 4.51. The van der Waals surface area contributed by atoms with Gasteiger partial charge in [0.25, 0.3) is 0 Å². The zero-order chi connectivity index (χ0) is 15.5. The molecule has 1 unspecified atom stereocenters. The number of ether oxygens (including phenoxy) is 3. The van der Waals surface area contributed by atoms with Crippen LogP contribution in [0.4, 0.5) is 0 Å². The molecule has 2 rings (SSSR count). The summed E-state index contributed by atoms with van der Waals surface area (Å²) in [5, 5.41) is -0.684. The zero-order valence-corrected chi connectivity index (χ0v) is 13.4. The number of hydrogen-bond acceptors (Lipinski definition) is 5. The largest absolute Gasteiger partial charge is 0.366 e. The van der Waals surface area contributed by atoms with Gasteiger partial charge in [-0.25, -0.2) is 8.42 Å². The lowest BCUT2D eigenvalue weighted by Crippen LogP contribution is -2.51. The molecule has 1 saturated heterocycles. The van der Waals surface area contributed by atoms with E-state index in [-0.39, 0.29) is 0 Å². The van der Waals surface area contributed by atoms with Gasteiger partial charge in [-0.15, -0.1) is 0 Å². The van der Waals surface area contributed by atoms with E-state index in [0.29, 0.717) is 19.8 Å². The second-order valence-corrected chi connectivity index (χ2v) is 8.15. The van der Waals surface area contributed by atoms with E-state index in [4.69, 9.17) is 14.2 Å². The predicted octanol–water partition coefficient (Wildman–Crippen LogP) is 1.77. The average molecular weight is 314 g/mol. The van der Waals surface area contributed by atoms with Crippen LogP contribution in [-0.2, 0) is 30.7 Å². The van der Waals surface area contributed by atoms with E-state index in [2.05, 4.69) is 0 Å². The summed E-state index contributed by atoms with van der Waals surface area (Å²) in [6.07, 6.45) is 0.456. The van der Waals surface area contributed by atoms with Gasteiger partial charge in [-0.1, -0.05) is 30.3 Å². The lowest BCUT2D eigenvalue weighted by atomic mass is 10.1. The maximum Gasteiger partial charge on any atom is 0.174 e. The molecule has 6 heteroatoms. The summed E-state index contributed by atoms with van der Waals surface area (Å²) in [6, 6.07) is 9.84. The lowest BCUT2D eigenvalue weighted by molar-refractivity contribution is -0.261. The minimum Gasteiger partial charge on any atom is -0.366 e. The molecule has 0 radical (unpaired) electrons. The molecule has 118 valence electrons. The van der Waals surface area contributed by atoms with Crippen LogP contribution in [0.25, 0.3) is 0 Å². The van der Waals surface area contributed by atoms with E-state index in [9.17, 15) is 8.42 Å². The van der Waals surface area contributed by atoms with Gasteiger partial charge in [0.1, 0.15) is 10.9 Å². The van der Waals surface area contributed by atoms with Crippen molar-refractivity contribution in [1.29, 1.82) is 0 Å². The molecule has 0 amide bonds. The van der Waals surface area contributed by atoms with Crippen molar-refractivity contribution in [1.82, 2.24) is 0 Å². The van der Waals surface area contributed by atoms with Gasteiger partial charge < -0.3 is 14.2 Å². The summed E-state index contributed by atoms with van der Waals surface area (Å²) < 4.78 is 40.0. The smallest absolute Gasteiger partial charge is 0.174 e. The highest BCUT2D eigenvalue weighted by Gasteiger charge is 2.38. The van der Waals surface area contributed by atoms with Crippen molar-refractivity contribution in [3.8, 4) is 0 Å². The zero-order valence-electron chi connectivity index (χ0n) is 12.6. The van der Waals surface area contributed by atoms with Gasteiger partial charge in [0.15, 0.2) is 16.1 Å². The van der Waals surface area contributed by atoms with E-state index in [1.807, 2.05) is 37.3 Å². The predicted molar refractivity (Wildman–Crippen MR) is 79.6 cm³/mol. The van der Waals surface area contributed by atoms with E-state index in [1.54, 1.807) is 6.92 Å². The first kappa shape index (κ1) is 16.4. The van der Waals surface area contributed by atoms with Crippen LogP contribution in [0.1, 0.15) is 19.4 Å². The van der Waals surface area contributed by atoms with Gasteiger partial charge in [0, 0.05) is 6.26 Å². The maximum absolute atomic E-state index is 11.5. The van der Waals surface area contributed by atoms with E-state index >= 15 is 0 Å². The standard InChI is InChI=1S/C15H22O5S/c1-12(21(3,16)17)14-18-10-15(2,11-19-14)20-9-13-7-5-4-6-8-13/h4-8,12,14H,9-11H2,1-3H3. The topological polar surface area (TPSA) is 61.8 Å². The molecule has 1 aliphatic heterocycles. The van der Waals surface area contributed by atoms with Gasteiger partial charge >= 0.3 is 0 Å². The molecule has 0 spiro atoms. The van der Waals surface area contributed by atoms with Crippen molar-refractivity contribution in [2.24, 2.45) is 0 Å². The first-order valence-electron chi connectivity index (χ1n) is 6.90. The molecule has 1 atom stereocenters. The monoisotopic (exact) mass is 314 g/mol. The molecule has 0 aromatic heterocycles. The molecule has 1 fully saturated rings. The van der Waals surface area contributed by atoms with Gasteiger partial charge in [0.2, 0.25) is 0 Å².